The van der Waals surface area contributed by atoms with Gasteiger partial charge in [-0.15, -0.1) is 0 Å². The zero-order valence-corrected chi connectivity index (χ0v) is 11.1. The van der Waals surface area contributed by atoms with Gasteiger partial charge in [0.1, 0.15) is 4.99 Å². The largest absolute Gasteiger partial charge is 0.478 e. The highest BCUT2D eigenvalue weighted by molar-refractivity contribution is 7.80. The Bertz CT molecular complexity index is 338. The molecule has 0 fully saturated rings. The van der Waals surface area contributed by atoms with Gasteiger partial charge in [-0.05, 0) is 12.5 Å². The lowest BCUT2D eigenvalue weighted by atomic mass is 10.2. The van der Waals surface area contributed by atoms with Gasteiger partial charge in [-0.25, -0.2) is 4.98 Å². The molecule has 0 amide bonds. The average Bonchev–Trinajstić information content (AvgIpc) is 2.34. The number of rotatable bonds is 8. The first-order valence-corrected chi connectivity index (χ1v) is 6.53. The summed E-state index contributed by atoms with van der Waals surface area (Å²) < 4.78 is 5.53. The standard InChI is InChI=1S/C13H20N2OS/c1-2-3-4-5-6-9-16-12-8-7-11(10-15-12)13(14)17/h7-8,10H,2-6,9H2,1H3,(H2,14,17). The fourth-order valence-electron chi connectivity index (χ4n) is 1.49. The smallest absolute Gasteiger partial charge is 0.213 e. The lowest BCUT2D eigenvalue weighted by Crippen LogP contribution is -2.09. The Balaban J connectivity index is 2.21. The quantitative estimate of drug-likeness (QED) is 0.570. The van der Waals surface area contributed by atoms with Crippen molar-refractivity contribution in [2.45, 2.75) is 39.0 Å². The summed E-state index contributed by atoms with van der Waals surface area (Å²) in [7, 11) is 0. The number of hydrogen-bond donors (Lipinski definition) is 1. The predicted octanol–water partition coefficient (Wildman–Crippen LogP) is 3.07. The van der Waals surface area contributed by atoms with E-state index in [-0.39, 0.29) is 0 Å². The van der Waals surface area contributed by atoms with Crippen LogP contribution in [0, 0.1) is 0 Å². The van der Waals surface area contributed by atoms with Crippen LogP contribution in [0.3, 0.4) is 0 Å². The van der Waals surface area contributed by atoms with E-state index < -0.39 is 0 Å². The minimum absolute atomic E-state index is 0.364. The minimum atomic E-state index is 0.364. The van der Waals surface area contributed by atoms with Gasteiger partial charge in [0.25, 0.3) is 0 Å². The van der Waals surface area contributed by atoms with Crippen molar-refractivity contribution in [3.63, 3.8) is 0 Å². The van der Waals surface area contributed by atoms with Crippen LogP contribution >= 0.6 is 12.2 Å². The molecule has 1 aromatic heterocycles. The molecule has 0 bridgehead atoms. The molecule has 0 aliphatic rings. The molecule has 0 unspecified atom stereocenters. The third kappa shape index (κ3) is 5.63. The molecule has 1 aromatic rings. The molecule has 1 heterocycles. The highest BCUT2D eigenvalue weighted by Gasteiger charge is 1.98. The van der Waals surface area contributed by atoms with Gasteiger partial charge in [0.05, 0.1) is 6.61 Å². The molecule has 0 atom stereocenters. The molecule has 0 radical (unpaired) electrons. The van der Waals surface area contributed by atoms with Gasteiger partial charge >= 0.3 is 0 Å². The first-order chi connectivity index (χ1) is 8.24. The van der Waals surface area contributed by atoms with Crippen molar-refractivity contribution in [2.75, 3.05) is 6.61 Å². The Morgan fingerprint density at radius 1 is 1.29 bits per heavy atom. The molecule has 0 aliphatic carbocycles. The molecule has 3 nitrogen and oxygen atoms in total. The van der Waals surface area contributed by atoms with Crippen LogP contribution in [0.5, 0.6) is 5.88 Å². The Morgan fingerprint density at radius 3 is 2.65 bits per heavy atom. The van der Waals surface area contributed by atoms with Gasteiger partial charge in [0, 0.05) is 17.8 Å². The van der Waals surface area contributed by atoms with Crippen molar-refractivity contribution in [3.8, 4) is 5.88 Å². The molecule has 0 aliphatic heterocycles. The van der Waals surface area contributed by atoms with E-state index in [0.717, 1.165) is 18.6 Å². The molecular formula is C13H20N2OS. The van der Waals surface area contributed by atoms with Gasteiger partial charge in [-0.2, -0.15) is 0 Å². The fourth-order valence-corrected chi connectivity index (χ4v) is 1.61. The van der Waals surface area contributed by atoms with E-state index >= 15 is 0 Å². The summed E-state index contributed by atoms with van der Waals surface area (Å²) in [5.74, 6) is 0.639. The summed E-state index contributed by atoms with van der Waals surface area (Å²) in [5, 5.41) is 0. The van der Waals surface area contributed by atoms with Gasteiger partial charge in [-0.3, -0.25) is 0 Å². The van der Waals surface area contributed by atoms with E-state index in [0.29, 0.717) is 10.9 Å². The zero-order chi connectivity index (χ0) is 12.5. The minimum Gasteiger partial charge on any atom is -0.478 e. The summed E-state index contributed by atoms with van der Waals surface area (Å²) in [4.78, 5) is 4.51. The van der Waals surface area contributed by atoms with Crippen LogP contribution in [-0.4, -0.2) is 16.6 Å². The topological polar surface area (TPSA) is 48.1 Å². The highest BCUT2D eigenvalue weighted by atomic mass is 32.1. The first kappa shape index (κ1) is 13.9. The second kappa shape index (κ2) is 8.01. The van der Waals surface area contributed by atoms with Crippen molar-refractivity contribution < 1.29 is 4.74 Å². The summed E-state index contributed by atoms with van der Waals surface area (Å²) in [6, 6.07) is 3.64. The summed E-state index contributed by atoms with van der Waals surface area (Å²) >= 11 is 4.85. The SMILES string of the molecule is CCCCCCCOc1ccc(C(N)=S)cn1. The Kier molecular flexibility index (Phi) is 6.55. The van der Waals surface area contributed by atoms with Crippen LogP contribution in [0.15, 0.2) is 18.3 Å². The molecule has 4 heteroatoms. The maximum atomic E-state index is 5.53. The highest BCUT2D eigenvalue weighted by Crippen LogP contribution is 2.09. The van der Waals surface area contributed by atoms with Crippen LogP contribution in [0.4, 0.5) is 0 Å². The Labute approximate surface area is 108 Å². The second-order valence-corrected chi connectivity index (χ2v) is 4.45. The van der Waals surface area contributed by atoms with Crippen LogP contribution in [0.2, 0.25) is 0 Å². The molecule has 17 heavy (non-hydrogen) atoms. The normalized spacial score (nSPS) is 10.2. The second-order valence-electron chi connectivity index (χ2n) is 4.01. The van der Waals surface area contributed by atoms with Gasteiger partial charge in [0.15, 0.2) is 0 Å². The fraction of sp³-hybridized carbons (Fsp3) is 0.538. The van der Waals surface area contributed by atoms with Crippen molar-refractivity contribution >= 4 is 17.2 Å². The maximum Gasteiger partial charge on any atom is 0.213 e. The molecule has 0 saturated carbocycles. The van der Waals surface area contributed by atoms with Crippen molar-refractivity contribution in [1.82, 2.24) is 4.98 Å². The maximum absolute atomic E-state index is 5.53. The number of nitrogens with two attached hydrogens (primary N) is 1. The van der Waals surface area contributed by atoms with E-state index in [1.54, 1.807) is 12.3 Å². The predicted molar refractivity (Wildman–Crippen MR) is 74.4 cm³/mol. The third-order valence-corrected chi connectivity index (χ3v) is 2.75. The number of ether oxygens (including phenoxy) is 1. The number of unbranched alkanes of at least 4 members (excludes halogenated alkanes) is 4. The number of thiocarbonyl (C=S) groups is 1. The summed E-state index contributed by atoms with van der Waals surface area (Å²) in [5.41, 5.74) is 6.26. The van der Waals surface area contributed by atoms with Crippen LogP contribution < -0.4 is 10.5 Å². The molecule has 0 saturated heterocycles. The lowest BCUT2D eigenvalue weighted by Gasteiger charge is -2.05. The summed E-state index contributed by atoms with van der Waals surface area (Å²) in [6.45, 7) is 2.94. The molecule has 0 aromatic carbocycles. The molecule has 1 rings (SSSR count). The zero-order valence-electron chi connectivity index (χ0n) is 10.3. The lowest BCUT2D eigenvalue weighted by molar-refractivity contribution is 0.293. The van der Waals surface area contributed by atoms with Crippen molar-refractivity contribution in [2.24, 2.45) is 5.73 Å². The number of pyridine rings is 1. The van der Waals surface area contributed by atoms with E-state index in [9.17, 15) is 0 Å². The molecule has 0 spiro atoms. The third-order valence-electron chi connectivity index (χ3n) is 2.52. The van der Waals surface area contributed by atoms with Gasteiger partial charge in [-0.1, -0.05) is 44.8 Å². The monoisotopic (exact) mass is 252 g/mol. The Hall–Kier alpha value is -1.16. The average molecular weight is 252 g/mol. The van der Waals surface area contributed by atoms with Gasteiger partial charge < -0.3 is 10.5 Å². The van der Waals surface area contributed by atoms with Crippen LogP contribution in [0.25, 0.3) is 0 Å². The molecule has 2 N–H and O–H groups in total. The molecule has 94 valence electrons. The van der Waals surface area contributed by atoms with Crippen LogP contribution in [0.1, 0.15) is 44.6 Å². The van der Waals surface area contributed by atoms with E-state index in [1.165, 1.54) is 25.7 Å². The first-order valence-electron chi connectivity index (χ1n) is 6.12. The van der Waals surface area contributed by atoms with E-state index in [1.807, 2.05) is 6.07 Å². The number of nitrogens with zero attached hydrogens (tertiary/aromatic N) is 1. The van der Waals surface area contributed by atoms with Crippen molar-refractivity contribution in [3.05, 3.63) is 23.9 Å². The Morgan fingerprint density at radius 2 is 2.06 bits per heavy atom. The molecular weight excluding hydrogens is 232 g/mol. The van der Waals surface area contributed by atoms with Crippen LogP contribution in [-0.2, 0) is 0 Å². The van der Waals surface area contributed by atoms with Gasteiger partial charge in [0.2, 0.25) is 5.88 Å². The van der Waals surface area contributed by atoms with E-state index in [2.05, 4.69) is 11.9 Å². The van der Waals surface area contributed by atoms with Crippen molar-refractivity contribution in [1.29, 1.82) is 0 Å². The van der Waals surface area contributed by atoms with E-state index in [4.69, 9.17) is 22.7 Å². The number of aromatic nitrogens is 1. The summed E-state index contributed by atoms with van der Waals surface area (Å²) in [6.07, 6.45) is 7.81. The number of hydrogen-bond acceptors (Lipinski definition) is 3.